The quantitative estimate of drug-likeness (QED) is 0.599. The van der Waals surface area contributed by atoms with Crippen LogP contribution in [-0.2, 0) is 0 Å². The predicted octanol–water partition coefficient (Wildman–Crippen LogP) is 4.36. The number of rotatable bonds is 6. The van der Waals surface area contributed by atoms with Crippen molar-refractivity contribution in [2.24, 2.45) is 0 Å². The van der Waals surface area contributed by atoms with Crippen molar-refractivity contribution in [3.8, 4) is 12.3 Å². The van der Waals surface area contributed by atoms with Gasteiger partial charge in [-0.05, 0) is 36.9 Å². The third kappa shape index (κ3) is 3.13. The monoisotopic (exact) mass is 257 g/mol. The van der Waals surface area contributed by atoms with Crippen molar-refractivity contribution in [2.45, 2.75) is 32.2 Å². The largest absolute Gasteiger partial charge is 0.310 e. The Bertz CT molecular complexity index is 502. The molecule has 1 aromatic heterocycles. The first-order valence-corrected chi connectivity index (χ1v) is 7.32. The zero-order valence-electron chi connectivity index (χ0n) is 10.8. The van der Waals surface area contributed by atoms with Crippen LogP contribution in [0.25, 0.3) is 10.1 Å². The van der Waals surface area contributed by atoms with Crippen LogP contribution in [0, 0.1) is 12.3 Å². The van der Waals surface area contributed by atoms with Crippen LogP contribution in [0.4, 0.5) is 0 Å². The molecule has 0 aliphatic heterocycles. The topological polar surface area (TPSA) is 12.0 Å². The normalized spacial score (nSPS) is 12.4. The highest BCUT2D eigenvalue weighted by Crippen LogP contribution is 2.31. The number of hydrogen-bond donors (Lipinski definition) is 1. The summed E-state index contributed by atoms with van der Waals surface area (Å²) >= 11 is 1.89. The number of terminal acetylenes is 1. The molecular weight excluding hydrogens is 238 g/mol. The molecule has 2 heteroatoms. The van der Waals surface area contributed by atoms with E-state index in [1.54, 1.807) is 0 Å². The Morgan fingerprint density at radius 2 is 2.22 bits per heavy atom. The Morgan fingerprint density at radius 1 is 1.39 bits per heavy atom. The second-order valence-electron chi connectivity index (χ2n) is 4.39. The van der Waals surface area contributed by atoms with Crippen molar-refractivity contribution in [1.82, 2.24) is 5.32 Å². The second kappa shape index (κ2) is 6.58. The van der Waals surface area contributed by atoms with Gasteiger partial charge in [0.05, 0.1) is 0 Å². The molecular formula is C16H19NS. The third-order valence-electron chi connectivity index (χ3n) is 3.05. The smallest absolute Gasteiger partial charge is 0.0415 e. The lowest BCUT2D eigenvalue weighted by molar-refractivity contribution is 0.509. The minimum absolute atomic E-state index is 0.445. The van der Waals surface area contributed by atoms with Gasteiger partial charge in [-0.25, -0.2) is 0 Å². The minimum atomic E-state index is 0.445. The number of benzene rings is 1. The molecule has 1 heterocycles. The average Bonchev–Trinajstić information content (AvgIpc) is 2.81. The van der Waals surface area contributed by atoms with E-state index in [1.165, 1.54) is 15.0 Å². The fourth-order valence-electron chi connectivity index (χ4n) is 2.17. The highest BCUT2D eigenvalue weighted by atomic mass is 32.1. The molecule has 0 fully saturated rings. The van der Waals surface area contributed by atoms with Crippen LogP contribution in [0.1, 0.15) is 37.1 Å². The van der Waals surface area contributed by atoms with Crippen molar-refractivity contribution in [1.29, 1.82) is 0 Å². The van der Waals surface area contributed by atoms with Gasteiger partial charge in [0.15, 0.2) is 0 Å². The van der Waals surface area contributed by atoms with Crippen LogP contribution in [0.15, 0.2) is 30.3 Å². The third-order valence-corrected chi connectivity index (χ3v) is 4.28. The summed E-state index contributed by atoms with van der Waals surface area (Å²) in [6.45, 7) is 3.15. The molecule has 0 saturated carbocycles. The molecule has 18 heavy (non-hydrogen) atoms. The SMILES string of the molecule is C#CCCCC(NCC)c1cc2ccccc2s1. The molecule has 1 N–H and O–H groups in total. The first-order chi connectivity index (χ1) is 8.85. The van der Waals surface area contributed by atoms with Crippen LogP contribution < -0.4 is 5.32 Å². The first-order valence-electron chi connectivity index (χ1n) is 6.50. The van der Waals surface area contributed by atoms with Crippen LogP contribution >= 0.6 is 11.3 Å². The van der Waals surface area contributed by atoms with E-state index < -0.39 is 0 Å². The predicted molar refractivity (Wildman–Crippen MR) is 80.9 cm³/mol. The summed E-state index contributed by atoms with van der Waals surface area (Å²) in [5, 5.41) is 4.91. The summed E-state index contributed by atoms with van der Waals surface area (Å²) in [4.78, 5) is 1.43. The highest BCUT2D eigenvalue weighted by molar-refractivity contribution is 7.19. The van der Waals surface area contributed by atoms with Crippen LogP contribution in [-0.4, -0.2) is 6.54 Å². The molecule has 2 rings (SSSR count). The molecule has 1 atom stereocenters. The summed E-state index contributed by atoms with van der Waals surface area (Å²) in [5.41, 5.74) is 0. The van der Waals surface area contributed by atoms with E-state index in [0.29, 0.717) is 6.04 Å². The Balaban J connectivity index is 2.16. The molecule has 0 radical (unpaired) electrons. The zero-order valence-corrected chi connectivity index (χ0v) is 11.6. The van der Waals surface area contributed by atoms with Crippen molar-refractivity contribution in [3.63, 3.8) is 0 Å². The summed E-state index contributed by atoms with van der Waals surface area (Å²) in [6, 6.07) is 11.3. The number of unbranched alkanes of at least 4 members (excludes halogenated alkanes) is 1. The van der Waals surface area contributed by atoms with Gasteiger partial charge in [0, 0.05) is 22.0 Å². The summed E-state index contributed by atoms with van der Waals surface area (Å²) in [7, 11) is 0. The summed E-state index contributed by atoms with van der Waals surface area (Å²) < 4.78 is 1.37. The maximum absolute atomic E-state index is 5.32. The fraction of sp³-hybridized carbons (Fsp3) is 0.375. The van der Waals surface area contributed by atoms with E-state index in [0.717, 1.165) is 25.8 Å². The Labute approximate surface area is 113 Å². The molecule has 2 aromatic rings. The molecule has 0 aliphatic carbocycles. The number of fused-ring (bicyclic) bond motifs is 1. The highest BCUT2D eigenvalue weighted by Gasteiger charge is 2.12. The van der Waals surface area contributed by atoms with Gasteiger partial charge in [0.2, 0.25) is 0 Å². The van der Waals surface area contributed by atoms with Gasteiger partial charge in [0.25, 0.3) is 0 Å². The van der Waals surface area contributed by atoms with Gasteiger partial charge in [-0.15, -0.1) is 23.7 Å². The molecule has 94 valence electrons. The number of thiophene rings is 1. The van der Waals surface area contributed by atoms with E-state index in [4.69, 9.17) is 6.42 Å². The molecule has 0 spiro atoms. The van der Waals surface area contributed by atoms with Crippen molar-refractivity contribution in [2.75, 3.05) is 6.54 Å². The van der Waals surface area contributed by atoms with Gasteiger partial charge >= 0.3 is 0 Å². The van der Waals surface area contributed by atoms with Crippen molar-refractivity contribution >= 4 is 21.4 Å². The van der Waals surface area contributed by atoms with E-state index in [2.05, 4.69) is 48.5 Å². The van der Waals surface area contributed by atoms with Crippen LogP contribution in [0.5, 0.6) is 0 Å². The molecule has 1 unspecified atom stereocenters. The molecule has 1 aromatic carbocycles. The van der Waals surface area contributed by atoms with Crippen molar-refractivity contribution in [3.05, 3.63) is 35.2 Å². The second-order valence-corrected chi connectivity index (χ2v) is 5.51. The van der Waals surface area contributed by atoms with Crippen molar-refractivity contribution < 1.29 is 0 Å². The minimum Gasteiger partial charge on any atom is -0.310 e. The standard InChI is InChI=1S/C16H19NS/c1-3-5-6-10-14(17-4-2)16-12-13-9-7-8-11-15(13)18-16/h1,7-9,11-12,14,17H,4-6,10H2,2H3. The maximum atomic E-state index is 5.32. The number of hydrogen-bond acceptors (Lipinski definition) is 2. The van der Waals surface area contributed by atoms with Gasteiger partial charge in [-0.3, -0.25) is 0 Å². The van der Waals surface area contributed by atoms with E-state index in [9.17, 15) is 0 Å². The summed E-state index contributed by atoms with van der Waals surface area (Å²) in [6.07, 6.45) is 8.39. The van der Waals surface area contributed by atoms with Gasteiger partial charge in [0.1, 0.15) is 0 Å². The van der Waals surface area contributed by atoms with Crippen LogP contribution in [0.3, 0.4) is 0 Å². The number of nitrogens with one attached hydrogen (secondary N) is 1. The average molecular weight is 257 g/mol. The molecule has 0 saturated heterocycles. The lowest BCUT2D eigenvalue weighted by Gasteiger charge is -2.15. The van der Waals surface area contributed by atoms with Gasteiger partial charge in [-0.2, -0.15) is 0 Å². The maximum Gasteiger partial charge on any atom is 0.0415 e. The Morgan fingerprint density at radius 3 is 2.94 bits per heavy atom. The molecule has 0 amide bonds. The molecule has 1 nitrogen and oxygen atoms in total. The Hall–Kier alpha value is -1.30. The molecule has 0 aliphatic rings. The van der Waals surface area contributed by atoms with E-state index >= 15 is 0 Å². The first kappa shape index (κ1) is 13.1. The Kier molecular flexibility index (Phi) is 4.81. The van der Waals surface area contributed by atoms with E-state index in [1.807, 2.05) is 11.3 Å². The zero-order chi connectivity index (χ0) is 12.8. The lowest BCUT2D eigenvalue weighted by atomic mass is 10.1. The van der Waals surface area contributed by atoms with Crippen LogP contribution in [0.2, 0.25) is 0 Å². The van der Waals surface area contributed by atoms with Gasteiger partial charge in [-0.1, -0.05) is 25.1 Å². The van der Waals surface area contributed by atoms with Gasteiger partial charge < -0.3 is 5.32 Å². The fourth-order valence-corrected chi connectivity index (χ4v) is 3.35. The van der Waals surface area contributed by atoms with E-state index in [-0.39, 0.29) is 0 Å². The summed E-state index contributed by atoms with van der Waals surface area (Å²) in [5.74, 6) is 2.72. The lowest BCUT2D eigenvalue weighted by Crippen LogP contribution is -2.19. The molecule has 0 bridgehead atoms.